The highest BCUT2D eigenvalue weighted by atomic mass is 127. The smallest absolute Gasteiger partial charge is 0.191 e. The van der Waals surface area contributed by atoms with Gasteiger partial charge in [0.15, 0.2) is 5.96 Å². The molecule has 0 bridgehead atoms. The van der Waals surface area contributed by atoms with E-state index in [-0.39, 0.29) is 35.8 Å². The van der Waals surface area contributed by atoms with Gasteiger partial charge in [-0.25, -0.2) is 8.42 Å². The molecular weight excluding hydrogens is 473 g/mol. The quantitative estimate of drug-likeness (QED) is 0.329. The highest BCUT2D eigenvalue weighted by Gasteiger charge is 2.09. The van der Waals surface area contributed by atoms with Crippen LogP contribution >= 0.6 is 24.0 Å². The number of fused-ring (bicyclic) bond motifs is 1. The Labute approximate surface area is 180 Å². The van der Waals surface area contributed by atoms with Crippen LogP contribution in [0.5, 0.6) is 0 Å². The first-order valence-corrected chi connectivity index (χ1v) is 11.1. The summed E-state index contributed by atoms with van der Waals surface area (Å²) in [4.78, 5) is 4.62. The fourth-order valence-electron chi connectivity index (χ4n) is 2.71. The van der Waals surface area contributed by atoms with Crippen LogP contribution in [0.2, 0.25) is 0 Å². The molecular formula is C20H30IN3O2S. The predicted octanol–water partition coefficient (Wildman–Crippen LogP) is 3.38. The summed E-state index contributed by atoms with van der Waals surface area (Å²) < 4.78 is 22.6. The fraction of sp³-hybridized carbons (Fsp3) is 0.450. The summed E-state index contributed by atoms with van der Waals surface area (Å²) in [5.74, 6) is 0.909. The van der Waals surface area contributed by atoms with Crippen molar-refractivity contribution in [2.24, 2.45) is 4.99 Å². The molecule has 0 aliphatic heterocycles. The number of guanidine groups is 1. The van der Waals surface area contributed by atoms with Gasteiger partial charge in [0.2, 0.25) is 0 Å². The van der Waals surface area contributed by atoms with Crippen LogP contribution in [0.4, 0.5) is 0 Å². The van der Waals surface area contributed by atoms with Crippen molar-refractivity contribution in [3.8, 4) is 0 Å². The molecule has 2 aromatic rings. The maximum atomic E-state index is 11.3. The van der Waals surface area contributed by atoms with Crippen molar-refractivity contribution in [1.29, 1.82) is 0 Å². The van der Waals surface area contributed by atoms with Crippen molar-refractivity contribution in [3.63, 3.8) is 0 Å². The summed E-state index contributed by atoms with van der Waals surface area (Å²) in [6, 6.07) is 14.9. The minimum atomic E-state index is -2.94. The van der Waals surface area contributed by atoms with Gasteiger partial charge in [-0.05, 0) is 43.0 Å². The molecule has 2 N–H and O–H groups in total. The van der Waals surface area contributed by atoms with Crippen LogP contribution in [0, 0.1) is 0 Å². The number of hydrogen-bond donors (Lipinski definition) is 2. The molecule has 1 unspecified atom stereocenters. The van der Waals surface area contributed by atoms with Crippen LogP contribution < -0.4 is 10.6 Å². The van der Waals surface area contributed by atoms with E-state index in [9.17, 15) is 8.42 Å². The lowest BCUT2D eigenvalue weighted by Crippen LogP contribution is -2.43. The summed E-state index contributed by atoms with van der Waals surface area (Å²) >= 11 is 0. The first kappa shape index (κ1) is 23.7. The van der Waals surface area contributed by atoms with E-state index >= 15 is 0 Å². The topological polar surface area (TPSA) is 70.6 Å². The molecule has 0 aliphatic carbocycles. The van der Waals surface area contributed by atoms with E-state index in [0.29, 0.717) is 13.0 Å². The lowest BCUT2D eigenvalue weighted by molar-refractivity contribution is 0.581. The Bertz CT molecular complexity index is 853. The van der Waals surface area contributed by atoms with Crippen molar-refractivity contribution < 1.29 is 8.42 Å². The molecule has 0 saturated carbocycles. The number of hydrogen-bond acceptors (Lipinski definition) is 3. The molecule has 150 valence electrons. The van der Waals surface area contributed by atoms with Gasteiger partial charge in [0.25, 0.3) is 0 Å². The number of nitrogens with zero attached hydrogens (tertiary/aromatic N) is 1. The average Bonchev–Trinajstić information content (AvgIpc) is 2.59. The molecule has 1 atom stereocenters. The van der Waals surface area contributed by atoms with Crippen molar-refractivity contribution in [2.45, 2.75) is 32.7 Å². The number of benzene rings is 2. The van der Waals surface area contributed by atoms with Crippen LogP contribution in [-0.2, 0) is 16.3 Å². The lowest BCUT2D eigenvalue weighted by atomic mass is 10.1. The molecule has 0 aromatic heterocycles. The second-order valence-electron chi connectivity index (χ2n) is 6.66. The normalized spacial score (nSPS) is 13.1. The molecule has 0 amide bonds. The highest BCUT2D eigenvalue weighted by Crippen LogP contribution is 2.15. The van der Waals surface area contributed by atoms with E-state index in [1.165, 1.54) is 22.6 Å². The first-order chi connectivity index (χ1) is 12.4. The fourth-order valence-corrected chi connectivity index (χ4v) is 3.49. The molecule has 2 rings (SSSR count). The molecule has 0 heterocycles. The Hall–Kier alpha value is -1.35. The second-order valence-corrected chi connectivity index (χ2v) is 8.92. The number of rotatable bonds is 8. The zero-order valence-electron chi connectivity index (χ0n) is 16.2. The molecule has 27 heavy (non-hydrogen) atoms. The Morgan fingerprint density at radius 1 is 1.15 bits per heavy atom. The molecule has 0 spiro atoms. The Kier molecular flexibility index (Phi) is 10.1. The monoisotopic (exact) mass is 503 g/mol. The Balaban J connectivity index is 0.00000364. The van der Waals surface area contributed by atoms with Gasteiger partial charge >= 0.3 is 0 Å². The van der Waals surface area contributed by atoms with Crippen molar-refractivity contribution in [1.82, 2.24) is 10.6 Å². The summed E-state index contributed by atoms with van der Waals surface area (Å²) in [7, 11) is -2.94. The number of aliphatic imine (C=N–C) groups is 1. The molecule has 7 heteroatoms. The third-order valence-electron chi connectivity index (χ3n) is 4.13. The summed E-state index contributed by atoms with van der Waals surface area (Å²) in [6.45, 7) is 5.43. The molecule has 2 aromatic carbocycles. The van der Waals surface area contributed by atoms with E-state index in [1.54, 1.807) is 0 Å². The largest absolute Gasteiger partial charge is 0.357 e. The molecule has 0 radical (unpaired) electrons. The van der Waals surface area contributed by atoms with Crippen molar-refractivity contribution in [3.05, 3.63) is 48.0 Å². The van der Waals surface area contributed by atoms with Gasteiger partial charge in [0, 0.05) is 25.4 Å². The van der Waals surface area contributed by atoms with E-state index in [0.717, 1.165) is 18.9 Å². The Morgan fingerprint density at radius 3 is 2.52 bits per heavy atom. The van der Waals surface area contributed by atoms with Gasteiger partial charge in [-0.15, -0.1) is 24.0 Å². The third kappa shape index (κ3) is 8.92. The van der Waals surface area contributed by atoms with Crippen LogP contribution in [0.25, 0.3) is 10.8 Å². The van der Waals surface area contributed by atoms with E-state index < -0.39 is 9.84 Å². The van der Waals surface area contributed by atoms with E-state index in [1.807, 2.05) is 19.9 Å². The zero-order valence-corrected chi connectivity index (χ0v) is 19.4. The molecule has 0 aliphatic rings. The number of sulfone groups is 1. The number of halogens is 1. The van der Waals surface area contributed by atoms with E-state index in [4.69, 9.17) is 0 Å². The second kappa shape index (κ2) is 11.5. The maximum Gasteiger partial charge on any atom is 0.191 e. The predicted molar refractivity (Wildman–Crippen MR) is 126 cm³/mol. The van der Waals surface area contributed by atoms with Gasteiger partial charge in [-0.3, -0.25) is 4.99 Å². The van der Waals surface area contributed by atoms with E-state index in [2.05, 4.69) is 52.0 Å². The summed E-state index contributed by atoms with van der Waals surface area (Å²) in [5, 5.41) is 8.99. The van der Waals surface area contributed by atoms with Gasteiger partial charge < -0.3 is 10.6 Å². The Morgan fingerprint density at radius 2 is 1.85 bits per heavy atom. The average molecular weight is 503 g/mol. The molecule has 0 saturated heterocycles. The lowest BCUT2D eigenvalue weighted by Gasteiger charge is -2.17. The van der Waals surface area contributed by atoms with Crippen LogP contribution in [-0.4, -0.2) is 45.5 Å². The van der Waals surface area contributed by atoms with Crippen molar-refractivity contribution in [2.75, 3.05) is 25.1 Å². The minimum absolute atomic E-state index is 0. The van der Waals surface area contributed by atoms with Gasteiger partial charge in [0.05, 0.1) is 5.75 Å². The van der Waals surface area contributed by atoms with Crippen LogP contribution in [0.15, 0.2) is 47.5 Å². The van der Waals surface area contributed by atoms with Crippen molar-refractivity contribution >= 4 is 50.5 Å². The minimum Gasteiger partial charge on any atom is -0.357 e. The molecule has 5 nitrogen and oxygen atoms in total. The SMILES string of the molecule is CCNC(=NCCc1ccc2ccccc2c1)NC(C)CCS(C)(=O)=O.I. The zero-order chi connectivity index (χ0) is 19.0. The molecule has 0 fully saturated rings. The van der Waals surface area contributed by atoms with Gasteiger partial charge in [0.1, 0.15) is 9.84 Å². The van der Waals surface area contributed by atoms with Gasteiger partial charge in [-0.1, -0.05) is 42.5 Å². The highest BCUT2D eigenvalue weighted by molar-refractivity contribution is 14.0. The van der Waals surface area contributed by atoms with Crippen LogP contribution in [0.3, 0.4) is 0 Å². The third-order valence-corrected chi connectivity index (χ3v) is 5.11. The first-order valence-electron chi connectivity index (χ1n) is 9.07. The standard InChI is InChI=1S/C20H29N3O2S.HI/c1-4-21-20(23-16(2)12-14-26(3,24)25)22-13-11-17-9-10-18-7-5-6-8-19(18)15-17;/h5-10,15-16H,4,11-14H2,1-3H3,(H2,21,22,23);1H. The summed E-state index contributed by atoms with van der Waals surface area (Å²) in [6.07, 6.45) is 2.69. The number of nitrogens with one attached hydrogen (secondary N) is 2. The maximum absolute atomic E-state index is 11.3. The summed E-state index contributed by atoms with van der Waals surface area (Å²) in [5.41, 5.74) is 1.26. The van der Waals surface area contributed by atoms with Crippen LogP contribution in [0.1, 0.15) is 25.8 Å². The van der Waals surface area contributed by atoms with Gasteiger partial charge in [-0.2, -0.15) is 0 Å².